The Morgan fingerprint density at radius 3 is 2.41 bits per heavy atom. The van der Waals surface area contributed by atoms with Gasteiger partial charge >= 0.3 is 0 Å². The van der Waals surface area contributed by atoms with E-state index in [1.807, 2.05) is 0 Å². The first kappa shape index (κ1) is 21.7. The summed E-state index contributed by atoms with van der Waals surface area (Å²) < 4.78 is 2.48. The molecule has 5 heteroatoms. The normalized spacial score (nSPS) is 20.0. The number of hydrogen-bond acceptors (Lipinski definition) is 3. The molecule has 1 aromatic heterocycles. The van der Waals surface area contributed by atoms with Crippen molar-refractivity contribution >= 4 is 22.9 Å². The highest BCUT2D eigenvalue weighted by molar-refractivity contribution is 5.80. The molecule has 2 aliphatic heterocycles. The molecular weight excluding hydrogens is 420 g/mol. The summed E-state index contributed by atoms with van der Waals surface area (Å²) in [6.07, 6.45) is 9.60. The number of aromatic nitrogens is 2. The van der Waals surface area contributed by atoms with Gasteiger partial charge in [0.25, 0.3) is 0 Å². The third-order valence-electron chi connectivity index (χ3n) is 8.37. The van der Waals surface area contributed by atoms with Crippen LogP contribution in [0.1, 0.15) is 56.1 Å². The number of nitrogens with zero attached hydrogens (tertiary/aromatic N) is 4. The first-order valence-electron chi connectivity index (χ1n) is 13.3. The van der Waals surface area contributed by atoms with Crippen LogP contribution >= 0.6 is 0 Å². The van der Waals surface area contributed by atoms with Crippen LogP contribution in [0.3, 0.4) is 0 Å². The molecule has 0 bridgehead atoms. The smallest absolute Gasteiger partial charge is 0.226 e. The quantitative estimate of drug-likeness (QED) is 0.527. The lowest BCUT2D eigenvalue weighted by Crippen LogP contribution is -2.44. The molecule has 1 saturated heterocycles. The zero-order valence-electron chi connectivity index (χ0n) is 20.2. The Balaban J connectivity index is 1.15. The summed E-state index contributed by atoms with van der Waals surface area (Å²) in [5, 5.41) is 0. The van der Waals surface area contributed by atoms with Gasteiger partial charge in [-0.1, -0.05) is 55.7 Å². The SMILES string of the molecule is O=C(C1CCN(c2nc3ccccc3n2CC2CCCCC2)CC1)N1CCc2ccccc2C1. The van der Waals surface area contributed by atoms with Crippen molar-refractivity contribution in [3.8, 4) is 0 Å². The minimum absolute atomic E-state index is 0.137. The van der Waals surface area contributed by atoms with E-state index in [1.165, 1.54) is 48.7 Å². The van der Waals surface area contributed by atoms with Gasteiger partial charge in [-0.25, -0.2) is 4.98 Å². The highest BCUT2D eigenvalue weighted by atomic mass is 16.2. The van der Waals surface area contributed by atoms with Crippen LogP contribution in [-0.2, 0) is 24.3 Å². The van der Waals surface area contributed by atoms with Crippen molar-refractivity contribution in [3.63, 3.8) is 0 Å². The number of imidazole rings is 1. The first-order chi connectivity index (χ1) is 16.8. The summed E-state index contributed by atoms with van der Waals surface area (Å²) in [4.78, 5) is 23.0. The second-order valence-corrected chi connectivity index (χ2v) is 10.6. The van der Waals surface area contributed by atoms with Crippen LogP contribution in [0.2, 0.25) is 0 Å². The Labute approximate surface area is 202 Å². The number of benzene rings is 2. The predicted molar refractivity (Wildman–Crippen MR) is 137 cm³/mol. The number of rotatable bonds is 4. The maximum Gasteiger partial charge on any atom is 0.226 e. The standard InChI is InChI=1S/C29H36N4O/c34-28(32-19-14-23-10-4-5-11-25(23)21-32)24-15-17-31(18-16-24)29-30-26-12-6-7-13-27(26)33(29)20-22-8-2-1-3-9-22/h4-7,10-13,22,24H,1-3,8-9,14-21H2. The lowest BCUT2D eigenvalue weighted by atomic mass is 9.89. The van der Waals surface area contributed by atoms with E-state index in [1.54, 1.807) is 0 Å². The second-order valence-electron chi connectivity index (χ2n) is 10.6. The summed E-state index contributed by atoms with van der Waals surface area (Å²) in [6.45, 7) is 4.52. The summed E-state index contributed by atoms with van der Waals surface area (Å²) in [6, 6.07) is 17.2. The maximum atomic E-state index is 13.4. The lowest BCUT2D eigenvalue weighted by molar-refractivity contribution is -0.137. The van der Waals surface area contributed by atoms with Crippen LogP contribution in [0.25, 0.3) is 11.0 Å². The van der Waals surface area contributed by atoms with Crippen LogP contribution in [0.15, 0.2) is 48.5 Å². The average Bonchev–Trinajstić information content (AvgIpc) is 3.27. The van der Waals surface area contributed by atoms with Gasteiger partial charge in [-0.05, 0) is 61.3 Å². The molecule has 5 nitrogen and oxygen atoms in total. The number of piperidine rings is 1. The number of anilines is 1. The van der Waals surface area contributed by atoms with Gasteiger partial charge < -0.3 is 14.4 Å². The van der Waals surface area contributed by atoms with Gasteiger partial charge in [-0.3, -0.25) is 4.79 Å². The Kier molecular flexibility index (Phi) is 6.02. The second kappa shape index (κ2) is 9.44. The topological polar surface area (TPSA) is 41.4 Å². The molecule has 6 rings (SSSR count). The van der Waals surface area contributed by atoms with E-state index in [4.69, 9.17) is 4.98 Å². The van der Waals surface area contributed by atoms with Gasteiger partial charge in [0, 0.05) is 38.6 Å². The van der Waals surface area contributed by atoms with Crippen LogP contribution < -0.4 is 4.90 Å². The highest BCUT2D eigenvalue weighted by Gasteiger charge is 2.32. The highest BCUT2D eigenvalue weighted by Crippen LogP contribution is 2.32. The van der Waals surface area contributed by atoms with Crippen molar-refractivity contribution in [1.29, 1.82) is 0 Å². The maximum absolute atomic E-state index is 13.4. The molecule has 0 unspecified atom stereocenters. The molecule has 2 aromatic carbocycles. The van der Waals surface area contributed by atoms with Crippen LogP contribution in [-0.4, -0.2) is 40.0 Å². The lowest BCUT2D eigenvalue weighted by Gasteiger charge is -2.37. The molecule has 1 aliphatic carbocycles. The molecule has 0 radical (unpaired) electrons. The van der Waals surface area contributed by atoms with E-state index in [0.717, 1.165) is 69.4 Å². The van der Waals surface area contributed by atoms with Crippen molar-refractivity contribution in [2.75, 3.05) is 24.5 Å². The molecular formula is C29H36N4O. The molecule has 3 heterocycles. The zero-order chi connectivity index (χ0) is 22.9. The van der Waals surface area contributed by atoms with E-state index in [9.17, 15) is 4.79 Å². The molecule has 178 valence electrons. The number of carbonyl (C=O) groups excluding carboxylic acids is 1. The van der Waals surface area contributed by atoms with Crippen molar-refractivity contribution < 1.29 is 4.79 Å². The van der Waals surface area contributed by atoms with Gasteiger partial charge in [-0.2, -0.15) is 0 Å². The average molecular weight is 457 g/mol. The van der Waals surface area contributed by atoms with Crippen LogP contribution in [0.4, 0.5) is 5.95 Å². The summed E-state index contributed by atoms with van der Waals surface area (Å²) in [5.74, 6) is 2.36. The number of para-hydroxylation sites is 2. The molecule has 0 atom stereocenters. The Bertz CT molecular complexity index is 1150. The molecule has 1 saturated carbocycles. The van der Waals surface area contributed by atoms with Gasteiger partial charge in [0.15, 0.2) is 0 Å². The Morgan fingerprint density at radius 1 is 0.853 bits per heavy atom. The van der Waals surface area contributed by atoms with Gasteiger partial charge in [0.2, 0.25) is 11.9 Å². The van der Waals surface area contributed by atoms with Crippen molar-refractivity contribution in [2.45, 2.75) is 64.5 Å². The van der Waals surface area contributed by atoms with Crippen LogP contribution in [0, 0.1) is 11.8 Å². The molecule has 0 N–H and O–H groups in total. The fraction of sp³-hybridized carbons (Fsp3) is 0.517. The largest absolute Gasteiger partial charge is 0.342 e. The van der Waals surface area contributed by atoms with E-state index in [0.29, 0.717) is 5.91 Å². The van der Waals surface area contributed by atoms with Gasteiger partial charge in [0.1, 0.15) is 0 Å². The monoisotopic (exact) mass is 456 g/mol. The number of carbonyl (C=O) groups is 1. The van der Waals surface area contributed by atoms with E-state index in [2.05, 4.69) is 62.9 Å². The fourth-order valence-electron chi connectivity index (χ4n) is 6.38. The predicted octanol–water partition coefficient (Wildman–Crippen LogP) is 5.42. The molecule has 3 aliphatic rings. The van der Waals surface area contributed by atoms with Gasteiger partial charge in [-0.15, -0.1) is 0 Å². The van der Waals surface area contributed by atoms with Crippen molar-refractivity contribution in [2.24, 2.45) is 11.8 Å². The molecule has 0 spiro atoms. The van der Waals surface area contributed by atoms with Crippen molar-refractivity contribution in [1.82, 2.24) is 14.5 Å². The molecule has 34 heavy (non-hydrogen) atoms. The molecule has 2 fully saturated rings. The van der Waals surface area contributed by atoms with E-state index >= 15 is 0 Å². The number of hydrogen-bond donors (Lipinski definition) is 0. The molecule has 3 aromatic rings. The summed E-state index contributed by atoms with van der Waals surface area (Å²) in [5.41, 5.74) is 5.07. The zero-order valence-corrected chi connectivity index (χ0v) is 20.2. The van der Waals surface area contributed by atoms with Crippen molar-refractivity contribution in [3.05, 3.63) is 59.7 Å². The van der Waals surface area contributed by atoms with Gasteiger partial charge in [0.05, 0.1) is 11.0 Å². The van der Waals surface area contributed by atoms with Crippen LogP contribution in [0.5, 0.6) is 0 Å². The number of amides is 1. The molecule has 1 amide bonds. The third-order valence-corrected chi connectivity index (χ3v) is 8.37. The first-order valence-corrected chi connectivity index (χ1v) is 13.3. The summed E-state index contributed by atoms with van der Waals surface area (Å²) >= 11 is 0. The van der Waals surface area contributed by atoms with E-state index in [-0.39, 0.29) is 5.92 Å². The minimum Gasteiger partial charge on any atom is -0.342 e. The fourth-order valence-corrected chi connectivity index (χ4v) is 6.38. The third kappa shape index (κ3) is 4.21. The number of fused-ring (bicyclic) bond motifs is 2. The summed E-state index contributed by atoms with van der Waals surface area (Å²) in [7, 11) is 0. The Morgan fingerprint density at radius 2 is 1.59 bits per heavy atom. The van der Waals surface area contributed by atoms with E-state index < -0.39 is 0 Å². The Hall–Kier alpha value is -2.82. The minimum atomic E-state index is 0.137.